The van der Waals surface area contributed by atoms with Gasteiger partial charge in [0, 0.05) is 16.3 Å². The average Bonchev–Trinajstić information content (AvgIpc) is 2.44. The van der Waals surface area contributed by atoms with E-state index in [0.29, 0.717) is 5.82 Å². The lowest BCUT2D eigenvalue weighted by Crippen LogP contribution is -1.99. The Morgan fingerprint density at radius 1 is 0.800 bits per heavy atom. The van der Waals surface area contributed by atoms with Crippen LogP contribution < -0.4 is 5.73 Å². The first-order valence-corrected chi connectivity index (χ1v) is 6.67. The third kappa shape index (κ3) is 1.92. The van der Waals surface area contributed by atoms with Crippen molar-refractivity contribution in [3.63, 3.8) is 0 Å². The number of hydrogen-bond acceptors (Lipinski definition) is 3. The van der Waals surface area contributed by atoms with Gasteiger partial charge < -0.3 is 5.73 Å². The summed E-state index contributed by atoms with van der Waals surface area (Å²) in [4.78, 5) is 0. The second-order valence-electron chi connectivity index (χ2n) is 5.23. The lowest BCUT2D eigenvalue weighted by Gasteiger charge is -2.11. The van der Waals surface area contributed by atoms with Crippen LogP contribution in [0, 0.1) is 20.8 Å². The molecule has 0 fully saturated rings. The molecule has 1 aromatic heterocycles. The van der Waals surface area contributed by atoms with Crippen molar-refractivity contribution in [2.24, 2.45) is 0 Å². The summed E-state index contributed by atoms with van der Waals surface area (Å²) in [6.45, 7) is 6.35. The fourth-order valence-corrected chi connectivity index (χ4v) is 2.54. The molecule has 0 radical (unpaired) electrons. The molecule has 0 bridgehead atoms. The molecular formula is C17H17N3. The van der Waals surface area contributed by atoms with Crippen LogP contribution in [0.2, 0.25) is 0 Å². The number of anilines is 1. The molecule has 0 saturated heterocycles. The van der Waals surface area contributed by atoms with Gasteiger partial charge in [0.2, 0.25) is 0 Å². The van der Waals surface area contributed by atoms with Gasteiger partial charge in [-0.05, 0) is 43.5 Å². The van der Waals surface area contributed by atoms with Crippen LogP contribution in [0.25, 0.3) is 22.0 Å². The SMILES string of the molecule is Cc1cc(C)c(-c2nnc(N)c3ccccc23)cc1C. The van der Waals surface area contributed by atoms with Crippen LogP contribution in [0.1, 0.15) is 16.7 Å². The first-order valence-electron chi connectivity index (χ1n) is 6.67. The van der Waals surface area contributed by atoms with Gasteiger partial charge in [0.1, 0.15) is 5.69 Å². The van der Waals surface area contributed by atoms with E-state index in [-0.39, 0.29) is 0 Å². The first-order chi connectivity index (χ1) is 9.58. The Kier molecular flexibility index (Phi) is 2.90. The third-order valence-electron chi connectivity index (χ3n) is 3.81. The molecule has 3 aromatic rings. The van der Waals surface area contributed by atoms with Crippen molar-refractivity contribution in [2.75, 3.05) is 5.73 Å². The highest BCUT2D eigenvalue weighted by atomic mass is 15.1. The summed E-state index contributed by atoms with van der Waals surface area (Å²) in [5.41, 5.74) is 11.7. The summed E-state index contributed by atoms with van der Waals surface area (Å²) in [6, 6.07) is 12.4. The van der Waals surface area contributed by atoms with Crippen LogP contribution in [-0.2, 0) is 0 Å². The van der Waals surface area contributed by atoms with E-state index in [1.807, 2.05) is 24.3 Å². The first kappa shape index (κ1) is 12.6. The predicted octanol–water partition coefficient (Wildman–Crippen LogP) is 3.80. The van der Waals surface area contributed by atoms with Crippen molar-refractivity contribution < 1.29 is 0 Å². The number of nitrogens with two attached hydrogens (primary N) is 1. The summed E-state index contributed by atoms with van der Waals surface area (Å²) in [5.74, 6) is 0.478. The smallest absolute Gasteiger partial charge is 0.154 e. The second-order valence-corrected chi connectivity index (χ2v) is 5.23. The minimum Gasteiger partial charge on any atom is -0.382 e. The number of fused-ring (bicyclic) bond motifs is 1. The lowest BCUT2D eigenvalue weighted by molar-refractivity contribution is 1.06. The van der Waals surface area contributed by atoms with Crippen molar-refractivity contribution in [1.82, 2.24) is 10.2 Å². The van der Waals surface area contributed by atoms with Gasteiger partial charge in [0.05, 0.1) is 0 Å². The minimum absolute atomic E-state index is 0.478. The van der Waals surface area contributed by atoms with Gasteiger partial charge >= 0.3 is 0 Å². The Balaban J connectivity index is 2.36. The molecule has 0 aliphatic rings. The molecule has 0 spiro atoms. The predicted molar refractivity (Wildman–Crippen MR) is 83.6 cm³/mol. The number of hydrogen-bond donors (Lipinski definition) is 1. The molecule has 2 N–H and O–H groups in total. The number of aryl methyl sites for hydroxylation is 3. The largest absolute Gasteiger partial charge is 0.382 e. The van der Waals surface area contributed by atoms with E-state index in [2.05, 4.69) is 43.1 Å². The Morgan fingerprint density at radius 2 is 1.45 bits per heavy atom. The average molecular weight is 263 g/mol. The van der Waals surface area contributed by atoms with E-state index in [1.165, 1.54) is 16.7 Å². The van der Waals surface area contributed by atoms with Crippen molar-refractivity contribution >= 4 is 16.6 Å². The molecule has 0 atom stereocenters. The van der Waals surface area contributed by atoms with E-state index in [4.69, 9.17) is 5.73 Å². The molecule has 0 amide bonds. The zero-order chi connectivity index (χ0) is 14.3. The molecule has 3 rings (SSSR count). The number of benzene rings is 2. The maximum absolute atomic E-state index is 5.92. The van der Waals surface area contributed by atoms with Crippen LogP contribution in [0.3, 0.4) is 0 Å². The molecule has 100 valence electrons. The van der Waals surface area contributed by atoms with Crippen LogP contribution in [0.15, 0.2) is 36.4 Å². The van der Waals surface area contributed by atoms with E-state index in [0.717, 1.165) is 22.0 Å². The fraction of sp³-hybridized carbons (Fsp3) is 0.176. The number of nitrogen functional groups attached to an aromatic ring is 1. The van der Waals surface area contributed by atoms with E-state index < -0.39 is 0 Å². The molecule has 3 nitrogen and oxygen atoms in total. The molecule has 20 heavy (non-hydrogen) atoms. The molecular weight excluding hydrogens is 246 g/mol. The van der Waals surface area contributed by atoms with Gasteiger partial charge in [0.25, 0.3) is 0 Å². The Labute approximate surface area is 118 Å². The zero-order valence-electron chi connectivity index (χ0n) is 11.9. The summed E-state index contributed by atoms with van der Waals surface area (Å²) >= 11 is 0. The second kappa shape index (κ2) is 4.60. The van der Waals surface area contributed by atoms with Gasteiger partial charge in [-0.1, -0.05) is 30.3 Å². The van der Waals surface area contributed by atoms with Crippen LogP contribution in [0.5, 0.6) is 0 Å². The molecule has 2 aromatic carbocycles. The van der Waals surface area contributed by atoms with Crippen molar-refractivity contribution in [3.8, 4) is 11.3 Å². The fourth-order valence-electron chi connectivity index (χ4n) is 2.54. The zero-order valence-corrected chi connectivity index (χ0v) is 11.9. The molecule has 0 unspecified atom stereocenters. The van der Waals surface area contributed by atoms with Crippen molar-refractivity contribution in [1.29, 1.82) is 0 Å². The number of rotatable bonds is 1. The summed E-state index contributed by atoms with van der Waals surface area (Å²) in [6.07, 6.45) is 0. The molecule has 0 aliphatic carbocycles. The minimum atomic E-state index is 0.478. The standard InChI is InChI=1S/C17H17N3/c1-10-8-12(3)15(9-11(10)2)16-13-6-4-5-7-14(13)17(18)20-19-16/h4-9H,1-3H3,(H2,18,20). The monoisotopic (exact) mass is 263 g/mol. The van der Waals surface area contributed by atoms with Crippen LogP contribution in [-0.4, -0.2) is 10.2 Å². The highest BCUT2D eigenvalue weighted by Crippen LogP contribution is 2.31. The summed E-state index contributed by atoms with van der Waals surface area (Å²) in [7, 11) is 0. The lowest BCUT2D eigenvalue weighted by atomic mass is 9.96. The van der Waals surface area contributed by atoms with Gasteiger partial charge in [-0.15, -0.1) is 10.2 Å². The molecule has 0 saturated carbocycles. The van der Waals surface area contributed by atoms with E-state index in [1.54, 1.807) is 0 Å². The molecule has 0 aliphatic heterocycles. The normalized spacial score (nSPS) is 10.9. The van der Waals surface area contributed by atoms with E-state index in [9.17, 15) is 0 Å². The maximum atomic E-state index is 5.92. The number of aromatic nitrogens is 2. The summed E-state index contributed by atoms with van der Waals surface area (Å²) < 4.78 is 0. The van der Waals surface area contributed by atoms with Gasteiger partial charge in [0.15, 0.2) is 5.82 Å². The highest BCUT2D eigenvalue weighted by molar-refractivity contribution is 5.99. The van der Waals surface area contributed by atoms with Crippen LogP contribution in [0.4, 0.5) is 5.82 Å². The molecule has 3 heteroatoms. The van der Waals surface area contributed by atoms with E-state index >= 15 is 0 Å². The summed E-state index contributed by atoms with van der Waals surface area (Å²) in [5, 5.41) is 10.4. The van der Waals surface area contributed by atoms with Crippen LogP contribution >= 0.6 is 0 Å². The third-order valence-corrected chi connectivity index (χ3v) is 3.81. The Morgan fingerprint density at radius 3 is 2.20 bits per heavy atom. The van der Waals surface area contributed by atoms with Gasteiger partial charge in [-0.2, -0.15) is 0 Å². The quantitative estimate of drug-likeness (QED) is 0.726. The molecule has 1 heterocycles. The van der Waals surface area contributed by atoms with Gasteiger partial charge in [-0.25, -0.2) is 0 Å². The Bertz CT molecular complexity index is 807. The maximum Gasteiger partial charge on any atom is 0.154 e. The number of nitrogens with zero attached hydrogens (tertiary/aromatic N) is 2. The van der Waals surface area contributed by atoms with Gasteiger partial charge in [-0.3, -0.25) is 0 Å². The van der Waals surface area contributed by atoms with Crippen molar-refractivity contribution in [3.05, 3.63) is 53.1 Å². The highest BCUT2D eigenvalue weighted by Gasteiger charge is 2.12. The topological polar surface area (TPSA) is 51.8 Å². The Hall–Kier alpha value is -2.42. The van der Waals surface area contributed by atoms with Crippen molar-refractivity contribution in [2.45, 2.75) is 20.8 Å².